The van der Waals surface area contributed by atoms with Crippen molar-refractivity contribution in [2.75, 3.05) is 13.1 Å². The van der Waals surface area contributed by atoms with Crippen molar-refractivity contribution in [3.8, 4) is 16.9 Å². The first-order chi connectivity index (χ1) is 14.4. The van der Waals surface area contributed by atoms with Crippen LogP contribution in [0.4, 0.5) is 8.78 Å². The summed E-state index contributed by atoms with van der Waals surface area (Å²) in [5.41, 5.74) is 1.72. The van der Waals surface area contributed by atoms with Crippen LogP contribution in [0.3, 0.4) is 0 Å². The molecule has 1 atom stereocenters. The van der Waals surface area contributed by atoms with Crippen LogP contribution >= 0.6 is 35.6 Å². The van der Waals surface area contributed by atoms with Crippen molar-refractivity contribution in [3.05, 3.63) is 64.2 Å². The average molecular weight is 490 g/mol. The molecule has 3 heterocycles. The van der Waals surface area contributed by atoms with E-state index in [1.54, 1.807) is 19.2 Å². The Hall–Kier alpha value is -1.93. The SMILES string of the molecule is C[C@@H](Oc1cc(-c2cnn(C3CCNCC3)c2)cnc1F)c1c(Cl)ccc(F)c1Cl.Cl. The highest BCUT2D eigenvalue weighted by molar-refractivity contribution is 6.36. The normalized spacial score (nSPS) is 15.4. The Bertz CT molecular complexity index is 1060. The van der Waals surface area contributed by atoms with E-state index in [1.807, 2.05) is 10.9 Å². The molecule has 31 heavy (non-hydrogen) atoms. The van der Waals surface area contributed by atoms with Crippen molar-refractivity contribution in [1.29, 1.82) is 0 Å². The minimum atomic E-state index is -0.787. The number of hydrogen-bond acceptors (Lipinski definition) is 4. The lowest BCUT2D eigenvalue weighted by molar-refractivity contribution is 0.213. The number of benzene rings is 1. The minimum absolute atomic E-state index is 0. The summed E-state index contributed by atoms with van der Waals surface area (Å²) in [5, 5.41) is 7.88. The molecule has 0 spiro atoms. The van der Waals surface area contributed by atoms with Crippen molar-refractivity contribution in [2.24, 2.45) is 0 Å². The molecule has 1 aliphatic rings. The second-order valence-electron chi connectivity index (χ2n) is 7.22. The minimum Gasteiger partial charge on any atom is -0.481 e. The van der Waals surface area contributed by atoms with Crippen LogP contribution in [0, 0.1) is 11.8 Å². The van der Waals surface area contributed by atoms with Gasteiger partial charge in [-0.05, 0) is 51.1 Å². The Kier molecular flexibility index (Phi) is 7.75. The first-order valence-corrected chi connectivity index (χ1v) is 10.4. The molecule has 1 aromatic carbocycles. The van der Waals surface area contributed by atoms with Crippen LogP contribution in [-0.2, 0) is 0 Å². The maximum Gasteiger partial charge on any atom is 0.255 e. The third-order valence-electron chi connectivity index (χ3n) is 5.21. The fourth-order valence-corrected chi connectivity index (χ4v) is 4.27. The van der Waals surface area contributed by atoms with Gasteiger partial charge in [0.1, 0.15) is 11.9 Å². The summed E-state index contributed by atoms with van der Waals surface area (Å²) < 4.78 is 35.8. The number of nitrogens with one attached hydrogen (secondary N) is 1. The number of halogens is 5. The van der Waals surface area contributed by atoms with Gasteiger partial charge in [-0.15, -0.1) is 12.4 Å². The second-order valence-corrected chi connectivity index (χ2v) is 8.01. The molecule has 166 valence electrons. The molecule has 1 N–H and O–H groups in total. The monoisotopic (exact) mass is 488 g/mol. The van der Waals surface area contributed by atoms with Gasteiger partial charge in [-0.3, -0.25) is 4.68 Å². The number of ether oxygens (including phenoxy) is 1. The highest BCUT2D eigenvalue weighted by Gasteiger charge is 2.21. The Morgan fingerprint density at radius 1 is 1.16 bits per heavy atom. The summed E-state index contributed by atoms with van der Waals surface area (Å²) in [4.78, 5) is 3.81. The molecular weight excluding hydrogens is 469 g/mol. The van der Waals surface area contributed by atoms with Crippen molar-refractivity contribution in [1.82, 2.24) is 20.1 Å². The molecule has 1 fully saturated rings. The van der Waals surface area contributed by atoms with Crippen molar-refractivity contribution < 1.29 is 13.5 Å². The molecule has 0 saturated carbocycles. The maximum absolute atomic E-state index is 14.3. The molecule has 2 aromatic heterocycles. The number of piperidine rings is 1. The molecule has 5 nitrogen and oxygen atoms in total. The number of rotatable bonds is 5. The van der Waals surface area contributed by atoms with Gasteiger partial charge in [-0.1, -0.05) is 23.2 Å². The lowest BCUT2D eigenvalue weighted by Gasteiger charge is -2.22. The van der Waals surface area contributed by atoms with Gasteiger partial charge < -0.3 is 10.1 Å². The standard InChI is InChI=1S/C21H20Cl2F2N4O.ClH/c1-12(19-16(22)2-3-17(24)20(19)23)30-18-8-13(9-27-21(18)25)14-10-28-29(11-14)15-4-6-26-7-5-15;/h2-3,8-12,15,26H,4-7H2,1H3;1H/t12-;/m1./s1. The highest BCUT2D eigenvalue weighted by atomic mass is 35.5. The van der Waals surface area contributed by atoms with E-state index < -0.39 is 17.9 Å². The van der Waals surface area contributed by atoms with E-state index in [0.29, 0.717) is 11.6 Å². The summed E-state index contributed by atoms with van der Waals surface area (Å²) >= 11 is 12.2. The van der Waals surface area contributed by atoms with Crippen molar-refractivity contribution in [3.63, 3.8) is 0 Å². The Morgan fingerprint density at radius 2 is 1.90 bits per heavy atom. The van der Waals surface area contributed by atoms with Gasteiger partial charge in [0.2, 0.25) is 0 Å². The van der Waals surface area contributed by atoms with Crippen molar-refractivity contribution >= 4 is 35.6 Å². The summed E-state index contributed by atoms with van der Waals surface area (Å²) in [6.07, 6.45) is 6.31. The van der Waals surface area contributed by atoms with E-state index in [4.69, 9.17) is 27.9 Å². The van der Waals surface area contributed by atoms with E-state index in [1.165, 1.54) is 18.3 Å². The number of nitrogens with zero attached hydrogens (tertiary/aromatic N) is 3. The van der Waals surface area contributed by atoms with Crippen LogP contribution in [0.5, 0.6) is 5.75 Å². The maximum atomic E-state index is 14.3. The quantitative estimate of drug-likeness (QED) is 0.352. The summed E-state index contributed by atoms with van der Waals surface area (Å²) in [6.45, 7) is 3.53. The zero-order valence-corrected chi connectivity index (χ0v) is 18.9. The smallest absolute Gasteiger partial charge is 0.255 e. The van der Waals surface area contributed by atoms with Crippen molar-refractivity contribution in [2.45, 2.75) is 31.9 Å². The van der Waals surface area contributed by atoms with Gasteiger partial charge in [0.15, 0.2) is 5.75 Å². The first kappa shape index (κ1) is 23.7. The third kappa shape index (κ3) is 5.12. The van der Waals surface area contributed by atoms with Crippen LogP contribution in [0.1, 0.15) is 37.5 Å². The van der Waals surface area contributed by atoms with E-state index in [-0.39, 0.29) is 33.8 Å². The second kappa shape index (κ2) is 10.1. The van der Waals surface area contributed by atoms with Gasteiger partial charge in [-0.2, -0.15) is 9.49 Å². The third-order valence-corrected chi connectivity index (χ3v) is 5.93. The number of aromatic nitrogens is 3. The lowest BCUT2D eigenvalue weighted by Crippen LogP contribution is -2.29. The highest BCUT2D eigenvalue weighted by Crippen LogP contribution is 2.36. The van der Waals surface area contributed by atoms with E-state index in [9.17, 15) is 8.78 Å². The van der Waals surface area contributed by atoms with Gasteiger partial charge in [0.25, 0.3) is 5.95 Å². The van der Waals surface area contributed by atoms with Crippen LogP contribution in [0.15, 0.2) is 36.8 Å². The fourth-order valence-electron chi connectivity index (χ4n) is 3.59. The van der Waals surface area contributed by atoms with Crippen LogP contribution < -0.4 is 10.1 Å². The Morgan fingerprint density at radius 3 is 2.65 bits per heavy atom. The van der Waals surface area contributed by atoms with E-state index in [0.717, 1.165) is 31.5 Å². The van der Waals surface area contributed by atoms with E-state index >= 15 is 0 Å². The topological polar surface area (TPSA) is 52.0 Å². The molecule has 3 aromatic rings. The molecule has 10 heteroatoms. The predicted octanol–water partition coefficient (Wildman–Crippen LogP) is 6.02. The zero-order valence-electron chi connectivity index (χ0n) is 16.6. The molecular formula is C21H21Cl3F2N4O. The number of hydrogen-bond donors (Lipinski definition) is 1. The first-order valence-electron chi connectivity index (χ1n) is 9.65. The van der Waals surface area contributed by atoms with Gasteiger partial charge in [0, 0.05) is 34.1 Å². The molecule has 0 unspecified atom stereocenters. The molecule has 1 saturated heterocycles. The largest absolute Gasteiger partial charge is 0.481 e. The average Bonchev–Trinajstić information content (AvgIpc) is 3.24. The van der Waals surface area contributed by atoms with Crippen LogP contribution in [0.25, 0.3) is 11.1 Å². The molecule has 0 radical (unpaired) electrons. The molecule has 4 rings (SSSR count). The Labute approximate surface area is 195 Å². The van der Waals surface area contributed by atoms with Gasteiger partial charge >= 0.3 is 0 Å². The molecule has 0 amide bonds. The molecule has 0 aliphatic carbocycles. The molecule has 1 aliphatic heterocycles. The summed E-state index contributed by atoms with van der Waals surface area (Å²) in [7, 11) is 0. The molecule has 0 bridgehead atoms. The summed E-state index contributed by atoms with van der Waals surface area (Å²) in [5.74, 6) is -1.48. The van der Waals surface area contributed by atoms with E-state index in [2.05, 4.69) is 15.4 Å². The summed E-state index contributed by atoms with van der Waals surface area (Å²) in [6, 6.07) is 4.44. The lowest BCUT2D eigenvalue weighted by atomic mass is 10.1. The van der Waals surface area contributed by atoms with Crippen LogP contribution in [0.2, 0.25) is 10.0 Å². The predicted molar refractivity (Wildman–Crippen MR) is 119 cm³/mol. The zero-order chi connectivity index (χ0) is 21.3. The Balaban J connectivity index is 0.00000272. The van der Waals surface area contributed by atoms with Crippen LogP contribution in [-0.4, -0.2) is 27.9 Å². The van der Waals surface area contributed by atoms with Gasteiger partial charge in [0.05, 0.1) is 17.3 Å². The van der Waals surface area contributed by atoms with Gasteiger partial charge in [-0.25, -0.2) is 9.37 Å². The fraction of sp³-hybridized carbons (Fsp3) is 0.333. The number of pyridine rings is 1.